The summed E-state index contributed by atoms with van der Waals surface area (Å²) in [7, 11) is 1.62. The number of hydrogen-bond acceptors (Lipinski definition) is 4. The maximum absolute atomic E-state index is 13.2. The van der Waals surface area contributed by atoms with Crippen LogP contribution in [0.2, 0.25) is 0 Å². The van der Waals surface area contributed by atoms with Crippen LogP contribution in [-0.4, -0.2) is 34.9 Å². The summed E-state index contributed by atoms with van der Waals surface area (Å²) in [5.41, 5.74) is 8.83. The number of aromatic nitrogens is 2. The number of benzene rings is 2. The van der Waals surface area contributed by atoms with Gasteiger partial charge in [0.1, 0.15) is 11.4 Å². The molecule has 6 heteroatoms. The number of carbonyl (C=O) groups is 1. The highest BCUT2D eigenvalue weighted by molar-refractivity contribution is 6.00. The zero-order valence-corrected chi connectivity index (χ0v) is 16.5. The minimum absolute atomic E-state index is 0.117. The molecule has 6 nitrogen and oxygen atoms in total. The van der Waals surface area contributed by atoms with E-state index in [-0.39, 0.29) is 18.0 Å². The Morgan fingerprint density at radius 3 is 2.48 bits per heavy atom. The highest BCUT2D eigenvalue weighted by Crippen LogP contribution is 2.32. The van der Waals surface area contributed by atoms with Crippen molar-refractivity contribution in [1.29, 1.82) is 0 Å². The number of nitrogens with zero attached hydrogens (tertiary/aromatic N) is 2. The predicted octanol–water partition coefficient (Wildman–Crippen LogP) is 3.55. The molecule has 0 bridgehead atoms. The second-order valence-electron chi connectivity index (χ2n) is 7.46. The van der Waals surface area contributed by atoms with E-state index in [1.807, 2.05) is 54.6 Å². The van der Waals surface area contributed by atoms with Crippen LogP contribution < -0.4 is 15.8 Å². The van der Waals surface area contributed by atoms with Gasteiger partial charge in [0.2, 0.25) is 0 Å². The molecule has 0 saturated heterocycles. The van der Waals surface area contributed by atoms with Gasteiger partial charge in [0.15, 0.2) is 0 Å². The SMILES string of the molecule is COc1ccccc1-c1nn(-c2ccccc2)cc1C(=O)NC1CCC(N)CC1. The minimum Gasteiger partial charge on any atom is -0.496 e. The molecule has 4 rings (SSSR count). The molecule has 0 radical (unpaired) electrons. The number of para-hydroxylation sites is 2. The van der Waals surface area contributed by atoms with Crippen molar-refractivity contribution in [2.75, 3.05) is 7.11 Å². The molecule has 150 valence electrons. The number of hydrogen-bond donors (Lipinski definition) is 2. The third kappa shape index (κ3) is 4.17. The third-order valence-electron chi connectivity index (χ3n) is 5.45. The average molecular weight is 390 g/mol. The summed E-state index contributed by atoms with van der Waals surface area (Å²) in [6, 6.07) is 17.8. The summed E-state index contributed by atoms with van der Waals surface area (Å²) in [6.07, 6.45) is 5.48. The van der Waals surface area contributed by atoms with E-state index in [0.717, 1.165) is 36.9 Å². The van der Waals surface area contributed by atoms with Gasteiger partial charge in [0.25, 0.3) is 5.91 Å². The first kappa shape index (κ1) is 19.2. The molecule has 0 aliphatic heterocycles. The lowest BCUT2D eigenvalue weighted by atomic mass is 9.91. The van der Waals surface area contributed by atoms with Crippen LogP contribution in [0.15, 0.2) is 60.8 Å². The van der Waals surface area contributed by atoms with Crippen LogP contribution in [0.25, 0.3) is 16.9 Å². The van der Waals surface area contributed by atoms with Crippen molar-refractivity contribution in [1.82, 2.24) is 15.1 Å². The van der Waals surface area contributed by atoms with E-state index < -0.39 is 0 Å². The lowest BCUT2D eigenvalue weighted by Crippen LogP contribution is -2.40. The van der Waals surface area contributed by atoms with Crippen LogP contribution in [0.3, 0.4) is 0 Å². The van der Waals surface area contributed by atoms with Crippen LogP contribution in [-0.2, 0) is 0 Å². The second kappa shape index (κ2) is 8.49. The van der Waals surface area contributed by atoms with Crippen molar-refractivity contribution in [3.8, 4) is 22.7 Å². The van der Waals surface area contributed by atoms with E-state index in [1.54, 1.807) is 18.0 Å². The fraction of sp³-hybridized carbons (Fsp3) is 0.304. The molecule has 1 saturated carbocycles. The molecule has 3 N–H and O–H groups in total. The van der Waals surface area contributed by atoms with Crippen molar-refractivity contribution < 1.29 is 9.53 Å². The number of ether oxygens (including phenoxy) is 1. The lowest BCUT2D eigenvalue weighted by molar-refractivity contribution is 0.0926. The minimum atomic E-state index is -0.117. The van der Waals surface area contributed by atoms with Crippen LogP contribution >= 0.6 is 0 Å². The number of amides is 1. The highest BCUT2D eigenvalue weighted by Gasteiger charge is 2.25. The van der Waals surface area contributed by atoms with Crippen molar-refractivity contribution in [2.24, 2.45) is 5.73 Å². The van der Waals surface area contributed by atoms with Gasteiger partial charge in [0.05, 0.1) is 18.4 Å². The average Bonchev–Trinajstić information content (AvgIpc) is 3.21. The molecule has 1 aromatic heterocycles. The molecule has 1 amide bonds. The van der Waals surface area contributed by atoms with Gasteiger partial charge in [-0.15, -0.1) is 0 Å². The van der Waals surface area contributed by atoms with E-state index in [4.69, 9.17) is 15.6 Å². The molecule has 1 aliphatic carbocycles. The second-order valence-corrected chi connectivity index (χ2v) is 7.46. The van der Waals surface area contributed by atoms with Crippen LogP contribution in [0.1, 0.15) is 36.0 Å². The first-order chi connectivity index (χ1) is 14.2. The number of nitrogens with one attached hydrogen (secondary N) is 1. The Labute approximate surface area is 170 Å². The molecule has 1 aliphatic rings. The summed E-state index contributed by atoms with van der Waals surface area (Å²) >= 11 is 0. The van der Waals surface area contributed by atoms with Gasteiger partial charge < -0.3 is 15.8 Å². The van der Waals surface area contributed by atoms with Gasteiger partial charge in [-0.3, -0.25) is 4.79 Å². The summed E-state index contributed by atoms with van der Waals surface area (Å²) in [6.45, 7) is 0. The number of carbonyl (C=O) groups excluding carboxylic acids is 1. The molecule has 0 atom stereocenters. The molecule has 1 fully saturated rings. The maximum atomic E-state index is 13.2. The fourth-order valence-corrected chi connectivity index (χ4v) is 3.82. The van der Waals surface area contributed by atoms with Gasteiger partial charge in [0, 0.05) is 23.8 Å². The third-order valence-corrected chi connectivity index (χ3v) is 5.45. The smallest absolute Gasteiger partial charge is 0.255 e. The molecule has 2 aromatic carbocycles. The summed E-state index contributed by atoms with van der Waals surface area (Å²) < 4.78 is 7.26. The highest BCUT2D eigenvalue weighted by atomic mass is 16.5. The fourth-order valence-electron chi connectivity index (χ4n) is 3.82. The Morgan fingerprint density at radius 2 is 1.76 bits per heavy atom. The van der Waals surface area contributed by atoms with Gasteiger partial charge in [-0.2, -0.15) is 5.10 Å². The van der Waals surface area contributed by atoms with Crippen molar-refractivity contribution in [3.05, 3.63) is 66.4 Å². The van der Waals surface area contributed by atoms with Gasteiger partial charge in [-0.1, -0.05) is 30.3 Å². The van der Waals surface area contributed by atoms with Crippen molar-refractivity contribution in [2.45, 2.75) is 37.8 Å². The zero-order valence-electron chi connectivity index (χ0n) is 16.5. The summed E-state index contributed by atoms with van der Waals surface area (Å²) in [5.74, 6) is 0.567. The maximum Gasteiger partial charge on any atom is 0.255 e. The van der Waals surface area contributed by atoms with Gasteiger partial charge >= 0.3 is 0 Å². The summed E-state index contributed by atoms with van der Waals surface area (Å²) in [4.78, 5) is 13.2. The Balaban J connectivity index is 1.71. The monoisotopic (exact) mass is 390 g/mol. The van der Waals surface area contributed by atoms with Crippen molar-refractivity contribution in [3.63, 3.8) is 0 Å². The number of rotatable bonds is 5. The molecule has 3 aromatic rings. The standard InChI is InChI=1S/C23H26N4O2/c1-29-21-10-6-5-9-19(21)22-20(15-27(26-22)18-7-3-2-4-8-18)23(28)25-17-13-11-16(24)12-14-17/h2-10,15-17H,11-14,24H2,1H3,(H,25,28). The normalized spacial score (nSPS) is 19.0. The lowest BCUT2D eigenvalue weighted by Gasteiger charge is -2.26. The van der Waals surface area contributed by atoms with Gasteiger partial charge in [-0.25, -0.2) is 4.68 Å². The number of nitrogens with two attached hydrogens (primary N) is 1. The van der Waals surface area contributed by atoms with E-state index in [9.17, 15) is 4.79 Å². The molecule has 29 heavy (non-hydrogen) atoms. The van der Waals surface area contributed by atoms with E-state index in [0.29, 0.717) is 17.0 Å². The topological polar surface area (TPSA) is 82.2 Å². The molecule has 0 unspecified atom stereocenters. The predicted molar refractivity (Wildman–Crippen MR) is 113 cm³/mol. The molecular weight excluding hydrogens is 364 g/mol. The molecule has 0 spiro atoms. The van der Waals surface area contributed by atoms with Crippen LogP contribution in [0.5, 0.6) is 5.75 Å². The van der Waals surface area contributed by atoms with Crippen LogP contribution in [0.4, 0.5) is 0 Å². The Kier molecular flexibility index (Phi) is 5.62. The Bertz CT molecular complexity index is 976. The number of methoxy groups -OCH3 is 1. The van der Waals surface area contributed by atoms with E-state index in [2.05, 4.69) is 5.32 Å². The van der Waals surface area contributed by atoms with E-state index in [1.165, 1.54) is 0 Å². The first-order valence-electron chi connectivity index (χ1n) is 10.0. The van der Waals surface area contributed by atoms with Crippen LogP contribution in [0, 0.1) is 0 Å². The molecule has 1 heterocycles. The quantitative estimate of drug-likeness (QED) is 0.698. The van der Waals surface area contributed by atoms with Gasteiger partial charge in [-0.05, 0) is 49.9 Å². The zero-order chi connectivity index (χ0) is 20.2. The Morgan fingerprint density at radius 1 is 1.07 bits per heavy atom. The summed E-state index contributed by atoms with van der Waals surface area (Å²) in [5, 5.41) is 7.92. The largest absolute Gasteiger partial charge is 0.496 e. The van der Waals surface area contributed by atoms with Crippen molar-refractivity contribution >= 4 is 5.91 Å². The van der Waals surface area contributed by atoms with E-state index >= 15 is 0 Å². The first-order valence-corrected chi connectivity index (χ1v) is 10.0. The molecular formula is C23H26N4O2. The Hall–Kier alpha value is -3.12.